The molecule has 1 fully saturated rings. The fourth-order valence-electron chi connectivity index (χ4n) is 3.14. The number of aromatic nitrogens is 4. The van der Waals surface area contributed by atoms with E-state index in [9.17, 15) is 4.79 Å². The van der Waals surface area contributed by atoms with Crippen LogP contribution < -0.4 is 0 Å². The number of likely N-dealkylation sites (tertiary alicyclic amines) is 1. The minimum atomic E-state index is -0.856. The molecule has 118 valence electrons. The first-order valence-electron chi connectivity index (χ1n) is 7.55. The van der Waals surface area contributed by atoms with Gasteiger partial charge in [0, 0.05) is 43.8 Å². The highest BCUT2D eigenvalue weighted by Crippen LogP contribution is 2.27. The Kier molecular flexibility index (Phi) is 4.24. The van der Waals surface area contributed by atoms with E-state index in [1.165, 1.54) is 0 Å². The molecule has 7 nitrogen and oxygen atoms in total. The van der Waals surface area contributed by atoms with Gasteiger partial charge in [-0.05, 0) is 25.5 Å². The summed E-state index contributed by atoms with van der Waals surface area (Å²) in [6, 6.07) is 1.94. The van der Waals surface area contributed by atoms with Crippen molar-refractivity contribution in [2.45, 2.75) is 31.8 Å². The van der Waals surface area contributed by atoms with Crippen LogP contribution in [0.3, 0.4) is 0 Å². The zero-order valence-electron chi connectivity index (χ0n) is 12.7. The minimum absolute atomic E-state index is 0.0712. The van der Waals surface area contributed by atoms with E-state index in [1.54, 1.807) is 10.9 Å². The highest BCUT2D eigenvalue weighted by molar-refractivity contribution is 5.66. The van der Waals surface area contributed by atoms with Crippen LogP contribution in [0.2, 0.25) is 0 Å². The van der Waals surface area contributed by atoms with Gasteiger partial charge in [0.15, 0.2) is 0 Å². The summed E-state index contributed by atoms with van der Waals surface area (Å²) in [5.41, 5.74) is 1.02. The van der Waals surface area contributed by atoms with Crippen LogP contribution in [0.1, 0.15) is 30.3 Å². The molecule has 2 aromatic rings. The van der Waals surface area contributed by atoms with Gasteiger partial charge in [0.25, 0.3) is 0 Å². The fourth-order valence-corrected chi connectivity index (χ4v) is 3.14. The van der Waals surface area contributed by atoms with Gasteiger partial charge in [0.05, 0.1) is 6.54 Å². The first-order valence-corrected chi connectivity index (χ1v) is 7.55. The molecule has 1 atom stereocenters. The lowest BCUT2D eigenvalue weighted by molar-refractivity contribution is -0.137. The second-order valence-electron chi connectivity index (χ2n) is 5.84. The van der Waals surface area contributed by atoms with E-state index in [0.29, 0.717) is 5.92 Å². The number of carboxylic acids is 1. The van der Waals surface area contributed by atoms with Crippen molar-refractivity contribution in [2.75, 3.05) is 13.1 Å². The van der Waals surface area contributed by atoms with Crippen molar-refractivity contribution in [1.82, 2.24) is 24.2 Å². The third kappa shape index (κ3) is 3.19. The molecule has 0 bridgehead atoms. The average Bonchev–Trinajstić information content (AvgIpc) is 3.09. The Bertz CT molecular complexity index is 648. The molecule has 0 aromatic carbocycles. The fraction of sp³-hybridized carbons (Fsp3) is 0.533. The predicted molar refractivity (Wildman–Crippen MR) is 80.3 cm³/mol. The standard InChI is InChI=1S/C15H21N5O2/c1-18-8-6-16-14(18)10-19-7-2-3-12(9-19)13-4-5-17-20(13)11-15(21)22/h4-6,8,12H,2-3,7,9-11H2,1H3,(H,21,22)/t12-/m0/s1. The van der Waals surface area contributed by atoms with E-state index in [-0.39, 0.29) is 6.54 Å². The number of aliphatic carboxylic acids is 1. The van der Waals surface area contributed by atoms with Crippen molar-refractivity contribution < 1.29 is 9.90 Å². The summed E-state index contributed by atoms with van der Waals surface area (Å²) in [6.45, 7) is 2.72. The third-order valence-corrected chi connectivity index (χ3v) is 4.24. The molecule has 1 aliphatic rings. The highest BCUT2D eigenvalue weighted by Gasteiger charge is 2.25. The van der Waals surface area contributed by atoms with Gasteiger partial charge in [-0.25, -0.2) is 4.98 Å². The molecule has 0 unspecified atom stereocenters. The average molecular weight is 303 g/mol. The Morgan fingerprint density at radius 2 is 2.32 bits per heavy atom. The second kappa shape index (κ2) is 6.31. The summed E-state index contributed by atoms with van der Waals surface area (Å²) >= 11 is 0. The van der Waals surface area contributed by atoms with Gasteiger partial charge >= 0.3 is 5.97 Å². The van der Waals surface area contributed by atoms with Gasteiger partial charge in [-0.2, -0.15) is 5.10 Å². The summed E-state index contributed by atoms with van der Waals surface area (Å²) in [5, 5.41) is 13.1. The van der Waals surface area contributed by atoms with E-state index in [4.69, 9.17) is 5.11 Å². The molecule has 2 aromatic heterocycles. The van der Waals surface area contributed by atoms with Crippen LogP contribution in [0.4, 0.5) is 0 Å². The maximum atomic E-state index is 10.9. The lowest BCUT2D eigenvalue weighted by Crippen LogP contribution is -2.35. The number of rotatable bonds is 5. The Hall–Kier alpha value is -2.15. The van der Waals surface area contributed by atoms with Crippen LogP contribution in [0, 0.1) is 0 Å². The van der Waals surface area contributed by atoms with Crippen LogP contribution in [0.15, 0.2) is 24.7 Å². The quantitative estimate of drug-likeness (QED) is 0.894. The smallest absolute Gasteiger partial charge is 0.325 e. The van der Waals surface area contributed by atoms with E-state index in [2.05, 4.69) is 15.0 Å². The van der Waals surface area contributed by atoms with E-state index in [1.807, 2.05) is 30.1 Å². The molecule has 1 N–H and O–H groups in total. The Balaban J connectivity index is 1.69. The van der Waals surface area contributed by atoms with Gasteiger partial charge in [-0.15, -0.1) is 0 Å². The van der Waals surface area contributed by atoms with Crippen molar-refractivity contribution in [3.05, 3.63) is 36.2 Å². The molecule has 0 amide bonds. The van der Waals surface area contributed by atoms with Gasteiger partial charge < -0.3 is 9.67 Å². The first-order chi connectivity index (χ1) is 10.6. The Morgan fingerprint density at radius 1 is 1.45 bits per heavy atom. The third-order valence-electron chi connectivity index (χ3n) is 4.24. The van der Waals surface area contributed by atoms with Crippen molar-refractivity contribution in [2.24, 2.45) is 7.05 Å². The van der Waals surface area contributed by atoms with Crippen LogP contribution in [-0.4, -0.2) is 48.4 Å². The van der Waals surface area contributed by atoms with Crippen molar-refractivity contribution in [3.63, 3.8) is 0 Å². The largest absolute Gasteiger partial charge is 0.480 e. The molecule has 1 saturated heterocycles. The molecule has 3 rings (SSSR count). The van der Waals surface area contributed by atoms with Crippen LogP contribution in [0.25, 0.3) is 0 Å². The van der Waals surface area contributed by atoms with Crippen molar-refractivity contribution in [3.8, 4) is 0 Å². The topological polar surface area (TPSA) is 76.2 Å². The molecular formula is C15H21N5O2. The maximum Gasteiger partial charge on any atom is 0.325 e. The van der Waals surface area contributed by atoms with Crippen molar-refractivity contribution in [1.29, 1.82) is 0 Å². The Labute approximate surface area is 129 Å². The monoisotopic (exact) mass is 303 g/mol. The number of hydrogen-bond acceptors (Lipinski definition) is 4. The van der Waals surface area contributed by atoms with E-state index in [0.717, 1.165) is 44.0 Å². The minimum Gasteiger partial charge on any atom is -0.480 e. The van der Waals surface area contributed by atoms with Gasteiger partial charge in [0.2, 0.25) is 0 Å². The van der Waals surface area contributed by atoms with Crippen LogP contribution >= 0.6 is 0 Å². The lowest BCUT2D eigenvalue weighted by atomic mass is 9.94. The second-order valence-corrected chi connectivity index (χ2v) is 5.84. The maximum absolute atomic E-state index is 10.9. The SMILES string of the molecule is Cn1ccnc1CN1CCC[C@H](c2ccnn2CC(=O)O)C1. The van der Waals surface area contributed by atoms with Crippen molar-refractivity contribution >= 4 is 5.97 Å². The number of carbonyl (C=O) groups is 1. The molecule has 22 heavy (non-hydrogen) atoms. The molecule has 7 heteroatoms. The summed E-state index contributed by atoms with van der Waals surface area (Å²) < 4.78 is 3.65. The first kappa shape index (κ1) is 14.8. The number of hydrogen-bond donors (Lipinski definition) is 1. The normalized spacial score (nSPS) is 19.4. The molecule has 1 aliphatic heterocycles. The lowest BCUT2D eigenvalue weighted by Gasteiger charge is -2.32. The van der Waals surface area contributed by atoms with E-state index < -0.39 is 5.97 Å². The Morgan fingerprint density at radius 3 is 3.05 bits per heavy atom. The number of carboxylic acid groups (broad SMARTS) is 1. The van der Waals surface area contributed by atoms with Crippen LogP contribution in [0.5, 0.6) is 0 Å². The number of aryl methyl sites for hydroxylation is 1. The molecule has 0 aliphatic carbocycles. The van der Waals surface area contributed by atoms with E-state index >= 15 is 0 Å². The summed E-state index contributed by atoms with van der Waals surface area (Å²) in [5.74, 6) is 0.529. The molecular weight excluding hydrogens is 282 g/mol. The van der Waals surface area contributed by atoms with Gasteiger partial charge in [0.1, 0.15) is 12.4 Å². The van der Waals surface area contributed by atoms with Crippen LogP contribution in [-0.2, 0) is 24.9 Å². The number of piperidine rings is 1. The zero-order valence-corrected chi connectivity index (χ0v) is 12.7. The predicted octanol–water partition coefficient (Wildman–Crippen LogP) is 1.08. The zero-order chi connectivity index (χ0) is 15.5. The molecule has 0 saturated carbocycles. The summed E-state index contributed by atoms with van der Waals surface area (Å²) in [7, 11) is 2.01. The number of nitrogens with zero attached hydrogens (tertiary/aromatic N) is 5. The molecule has 3 heterocycles. The van der Waals surface area contributed by atoms with Gasteiger partial charge in [-0.3, -0.25) is 14.4 Å². The molecule has 0 spiro atoms. The summed E-state index contributed by atoms with van der Waals surface area (Å²) in [4.78, 5) is 17.7. The summed E-state index contributed by atoms with van der Waals surface area (Å²) in [6.07, 6.45) is 7.64. The van der Waals surface area contributed by atoms with Gasteiger partial charge in [-0.1, -0.05) is 0 Å². The number of imidazole rings is 1. The highest BCUT2D eigenvalue weighted by atomic mass is 16.4. The molecule has 0 radical (unpaired) electrons.